The second kappa shape index (κ2) is 14.1. The average molecular weight is 740 g/mol. The summed E-state index contributed by atoms with van der Waals surface area (Å²) >= 11 is 0. The highest BCUT2D eigenvalue weighted by Crippen LogP contribution is 2.46. The van der Waals surface area contributed by atoms with Gasteiger partial charge in [0, 0.05) is 27.7 Å². The summed E-state index contributed by atoms with van der Waals surface area (Å²) in [5.41, 5.74) is 14.5. The maximum absolute atomic E-state index is 6.55. The van der Waals surface area contributed by atoms with E-state index in [4.69, 9.17) is 4.42 Å². The molecule has 0 aliphatic rings. The van der Waals surface area contributed by atoms with Gasteiger partial charge in [0.15, 0.2) is 0 Å². The molecule has 2 heteroatoms. The minimum atomic E-state index is 0.888. The maximum atomic E-state index is 6.55. The molecule has 0 bridgehead atoms. The van der Waals surface area contributed by atoms with E-state index in [0.29, 0.717) is 0 Å². The molecule has 272 valence electrons. The van der Waals surface area contributed by atoms with Crippen molar-refractivity contribution >= 4 is 60.5 Å². The minimum Gasteiger partial charge on any atom is -0.456 e. The van der Waals surface area contributed by atoms with E-state index < -0.39 is 0 Å². The first-order valence-electron chi connectivity index (χ1n) is 19.8. The summed E-state index contributed by atoms with van der Waals surface area (Å²) in [5, 5.41) is 7.17. The number of benzene rings is 10. The first-order chi connectivity index (χ1) is 28.8. The zero-order valence-electron chi connectivity index (χ0n) is 31.7. The van der Waals surface area contributed by atoms with Crippen LogP contribution < -0.4 is 4.90 Å². The minimum absolute atomic E-state index is 0.888. The zero-order chi connectivity index (χ0) is 38.4. The van der Waals surface area contributed by atoms with Crippen molar-refractivity contribution < 1.29 is 4.42 Å². The van der Waals surface area contributed by atoms with Crippen molar-refractivity contribution in [1.29, 1.82) is 0 Å². The Morgan fingerprint density at radius 3 is 1.62 bits per heavy atom. The molecule has 2 nitrogen and oxygen atoms in total. The smallest absolute Gasteiger partial charge is 0.136 e. The van der Waals surface area contributed by atoms with Crippen molar-refractivity contribution in [1.82, 2.24) is 0 Å². The van der Waals surface area contributed by atoms with Crippen LogP contribution in [-0.4, -0.2) is 0 Å². The molecule has 1 heterocycles. The molecule has 0 N–H and O–H groups in total. The lowest BCUT2D eigenvalue weighted by Gasteiger charge is -2.28. The van der Waals surface area contributed by atoms with Gasteiger partial charge in [-0.3, -0.25) is 0 Å². The van der Waals surface area contributed by atoms with Gasteiger partial charge in [-0.25, -0.2) is 0 Å². The fraction of sp³-hybridized carbons (Fsp3) is 0. The summed E-state index contributed by atoms with van der Waals surface area (Å²) in [7, 11) is 0. The second-order valence-corrected chi connectivity index (χ2v) is 14.9. The van der Waals surface area contributed by atoms with Crippen LogP contribution in [0.1, 0.15) is 0 Å². The van der Waals surface area contributed by atoms with Crippen LogP contribution in [0.15, 0.2) is 229 Å². The number of anilines is 3. The Bertz CT molecular complexity index is 3260. The summed E-state index contributed by atoms with van der Waals surface area (Å²) in [6.45, 7) is 0. The Balaban J connectivity index is 1.06. The molecule has 0 saturated heterocycles. The molecule has 58 heavy (non-hydrogen) atoms. The van der Waals surface area contributed by atoms with E-state index in [2.05, 4.69) is 223 Å². The van der Waals surface area contributed by atoms with Gasteiger partial charge in [0.05, 0.1) is 5.69 Å². The average Bonchev–Trinajstić information content (AvgIpc) is 3.69. The number of rotatable bonds is 7. The fourth-order valence-electron chi connectivity index (χ4n) is 8.72. The van der Waals surface area contributed by atoms with Crippen LogP contribution in [0.4, 0.5) is 17.1 Å². The van der Waals surface area contributed by atoms with Crippen LogP contribution in [-0.2, 0) is 0 Å². The van der Waals surface area contributed by atoms with Gasteiger partial charge in [-0.15, -0.1) is 0 Å². The fourth-order valence-corrected chi connectivity index (χ4v) is 8.72. The van der Waals surface area contributed by atoms with E-state index in [1.54, 1.807) is 0 Å². The van der Waals surface area contributed by atoms with Gasteiger partial charge in [-0.2, -0.15) is 0 Å². The molecule has 0 radical (unpaired) electrons. The summed E-state index contributed by atoms with van der Waals surface area (Å²) in [4.78, 5) is 2.39. The molecule has 11 rings (SSSR count). The maximum Gasteiger partial charge on any atom is 0.136 e. The lowest BCUT2D eigenvalue weighted by Crippen LogP contribution is -2.11. The number of hydrogen-bond acceptors (Lipinski definition) is 2. The topological polar surface area (TPSA) is 16.4 Å². The van der Waals surface area contributed by atoms with E-state index in [9.17, 15) is 0 Å². The lowest BCUT2D eigenvalue weighted by molar-refractivity contribution is 0.669. The summed E-state index contributed by atoms with van der Waals surface area (Å²) in [5.74, 6) is 0. The quantitative estimate of drug-likeness (QED) is 0.162. The van der Waals surface area contributed by atoms with Crippen LogP contribution in [0.25, 0.3) is 88.0 Å². The Morgan fingerprint density at radius 2 is 0.828 bits per heavy atom. The largest absolute Gasteiger partial charge is 0.456 e. The van der Waals surface area contributed by atoms with E-state index in [0.717, 1.165) is 50.1 Å². The SMILES string of the molecule is c1ccc(-c2ccc(N(c3ccc(-c4cccc(-c5cccc6ccccc56)c4)cc3)c3ccccc3-c3cc4oc5ccccc5c4c4ccccc34)cc2)cc1. The molecule has 0 saturated carbocycles. The van der Waals surface area contributed by atoms with Crippen molar-refractivity contribution in [3.05, 3.63) is 224 Å². The van der Waals surface area contributed by atoms with Gasteiger partial charge in [-0.1, -0.05) is 176 Å². The lowest BCUT2D eigenvalue weighted by atomic mass is 9.93. The third-order valence-electron chi connectivity index (χ3n) is 11.5. The highest BCUT2D eigenvalue weighted by molar-refractivity contribution is 6.22. The first-order valence-corrected chi connectivity index (χ1v) is 19.8. The van der Waals surface area contributed by atoms with Gasteiger partial charge in [0.2, 0.25) is 0 Å². The van der Waals surface area contributed by atoms with Crippen molar-refractivity contribution in [3.63, 3.8) is 0 Å². The van der Waals surface area contributed by atoms with Crippen LogP contribution >= 0.6 is 0 Å². The highest BCUT2D eigenvalue weighted by atomic mass is 16.3. The zero-order valence-corrected chi connectivity index (χ0v) is 31.7. The summed E-state index contributed by atoms with van der Waals surface area (Å²) < 4.78 is 6.55. The van der Waals surface area contributed by atoms with Crippen LogP contribution in [0, 0.1) is 0 Å². The van der Waals surface area contributed by atoms with Crippen molar-refractivity contribution in [2.75, 3.05) is 4.90 Å². The van der Waals surface area contributed by atoms with Gasteiger partial charge >= 0.3 is 0 Å². The predicted molar refractivity (Wildman–Crippen MR) is 245 cm³/mol. The second-order valence-electron chi connectivity index (χ2n) is 14.9. The summed E-state index contributed by atoms with van der Waals surface area (Å²) in [6, 6.07) is 80.6. The van der Waals surface area contributed by atoms with Crippen molar-refractivity contribution in [2.24, 2.45) is 0 Å². The third-order valence-corrected chi connectivity index (χ3v) is 11.5. The van der Waals surface area contributed by atoms with E-state index in [1.165, 1.54) is 54.9 Å². The van der Waals surface area contributed by atoms with E-state index in [-0.39, 0.29) is 0 Å². The highest BCUT2D eigenvalue weighted by Gasteiger charge is 2.21. The molecule has 0 spiro atoms. The molecule has 0 unspecified atom stereocenters. The Hall–Kier alpha value is -7.68. The number of furan rings is 1. The predicted octanol–water partition coefficient (Wildman–Crippen LogP) is 16.0. The molecule has 0 aliphatic heterocycles. The first kappa shape index (κ1) is 33.6. The summed E-state index contributed by atoms with van der Waals surface area (Å²) in [6.07, 6.45) is 0. The number of para-hydroxylation sites is 2. The monoisotopic (exact) mass is 739 g/mol. The molecular weight excluding hydrogens is 703 g/mol. The van der Waals surface area contributed by atoms with Crippen LogP contribution in [0.5, 0.6) is 0 Å². The standard InChI is InChI=1S/C56H37NO/c1-2-14-38(15-3-1)39-28-32-44(33-29-39)57(45-34-30-40(31-35-45)42-18-12-19-43(36-42)47-25-13-17-41-16-4-5-20-46(41)47)53-26-10-8-22-49(53)52-37-55-56(50-23-7-6-21-48(50)52)51-24-9-11-27-54(51)58-55/h1-37H. The van der Waals surface area contributed by atoms with Gasteiger partial charge < -0.3 is 9.32 Å². The number of fused-ring (bicyclic) bond motifs is 6. The molecular formula is C56H37NO. The van der Waals surface area contributed by atoms with Crippen LogP contribution in [0.3, 0.4) is 0 Å². The Labute approximate surface area is 337 Å². The van der Waals surface area contributed by atoms with Crippen molar-refractivity contribution in [2.45, 2.75) is 0 Å². The van der Waals surface area contributed by atoms with Gasteiger partial charge in [0.25, 0.3) is 0 Å². The van der Waals surface area contributed by atoms with Gasteiger partial charge in [0.1, 0.15) is 11.2 Å². The molecule has 10 aromatic carbocycles. The molecule has 11 aromatic rings. The number of hydrogen-bond donors (Lipinski definition) is 0. The van der Waals surface area contributed by atoms with Crippen LogP contribution in [0.2, 0.25) is 0 Å². The molecule has 0 fully saturated rings. The van der Waals surface area contributed by atoms with E-state index in [1.807, 2.05) is 6.07 Å². The molecule has 0 amide bonds. The molecule has 0 aliphatic carbocycles. The third kappa shape index (κ3) is 5.82. The van der Waals surface area contributed by atoms with E-state index >= 15 is 0 Å². The van der Waals surface area contributed by atoms with Crippen molar-refractivity contribution in [3.8, 4) is 44.5 Å². The van der Waals surface area contributed by atoms with Gasteiger partial charge in [-0.05, 0) is 109 Å². The number of nitrogens with zero attached hydrogens (tertiary/aromatic N) is 1. The molecule has 0 atom stereocenters. The molecule has 1 aromatic heterocycles. The Morgan fingerprint density at radius 1 is 0.293 bits per heavy atom. The normalized spacial score (nSPS) is 11.4. The Kier molecular flexibility index (Phi) is 8.19.